The average Bonchev–Trinajstić information content (AvgIpc) is 2.28. The highest BCUT2D eigenvalue weighted by Gasteiger charge is 2.31. The molecule has 70 valence electrons. The number of hydrogen-bond acceptors (Lipinski definition) is 1. The highest BCUT2D eigenvalue weighted by molar-refractivity contribution is 6.30. The van der Waals surface area contributed by atoms with Crippen molar-refractivity contribution in [2.75, 3.05) is 6.54 Å². The highest BCUT2D eigenvalue weighted by Crippen LogP contribution is 2.23. The van der Waals surface area contributed by atoms with E-state index in [1.165, 1.54) is 0 Å². The Labute approximate surface area is 78.9 Å². The topological polar surface area (TPSA) is 20.3 Å². The molecular weight excluding hydrogens is 174 g/mol. The molecule has 3 atom stereocenters. The average molecular weight is 190 g/mol. The van der Waals surface area contributed by atoms with E-state index in [2.05, 4.69) is 13.8 Å². The van der Waals surface area contributed by atoms with Crippen molar-refractivity contribution in [1.82, 2.24) is 4.90 Å². The van der Waals surface area contributed by atoms with Crippen LogP contribution in [-0.2, 0) is 4.79 Å². The van der Waals surface area contributed by atoms with Crippen LogP contribution in [0.5, 0.6) is 0 Å². The van der Waals surface area contributed by atoms with Crippen LogP contribution in [0, 0.1) is 5.92 Å². The van der Waals surface area contributed by atoms with E-state index in [1.807, 2.05) is 4.90 Å². The van der Waals surface area contributed by atoms with Gasteiger partial charge < -0.3 is 4.90 Å². The summed E-state index contributed by atoms with van der Waals surface area (Å²) in [6.45, 7) is 6.86. The zero-order valence-electron chi connectivity index (χ0n) is 7.88. The number of hydrogen-bond donors (Lipinski definition) is 0. The fourth-order valence-corrected chi connectivity index (χ4v) is 1.96. The summed E-state index contributed by atoms with van der Waals surface area (Å²) in [7, 11) is 0. The normalized spacial score (nSPS) is 32.2. The molecule has 0 spiro atoms. The van der Waals surface area contributed by atoms with Crippen LogP contribution in [-0.4, -0.2) is 28.8 Å². The summed E-state index contributed by atoms with van der Waals surface area (Å²) in [6.07, 6.45) is 1.11. The number of rotatable bonds is 1. The van der Waals surface area contributed by atoms with Gasteiger partial charge in [0.05, 0.1) is 0 Å². The molecule has 3 heteroatoms. The van der Waals surface area contributed by atoms with E-state index < -0.39 is 0 Å². The molecule has 12 heavy (non-hydrogen) atoms. The second-order valence-corrected chi connectivity index (χ2v) is 4.45. The molecule has 1 aliphatic rings. The third-order valence-corrected chi connectivity index (χ3v) is 2.59. The van der Waals surface area contributed by atoms with Gasteiger partial charge in [-0.25, -0.2) is 0 Å². The van der Waals surface area contributed by atoms with Crippen LogP contribution in [0.25, 0.3) is 0 Å². The van der Waals surface area contributed by atoms with Gasteiger partial charge in [0, 0.05) is 12.6 Å². The third-order valence-electron chi connectivity index (χ3n) is 2.41. The lowest BCUT2D eigenvalue weighted by Crippen LogP contribution is -2.38. The largest absolute Gasteiger partial charge is 0.338 e. The van der Waals surface area contributed by atoms with E-state index in [4.69, 9.17) is 11.6 Å². The van der Waals surface area contributed by atoms with Crippen molar-refractivity contribution < 1.29 is 4.79 Å². The van der Waals surface area contributed by atoms with E-state index in [0.29, 0.717) is 12.0 Å². The van der Waals surface area contributed by atoms with Gasteiger partial charge in [-0.1, -0.05) is 6.92 Å². The number of carbonyl (C=O) groups is 1. The third kappa shape index (κ3) is 1.92. The smallest absolute Gasteiger partial charge is 0.240 e. The molecule has 1 heterocycles. The zero-order chi connectivity index (χ0) is 9.30. The Hall–Kier alpha value is -0.240. The Morgan fingerprint density at radius 3 is 2.50 bits per heavy atom. The van der Waals surface area contributed by atoms with Gasteiger partial charge in [0.2, 0.25) is 5.91 Å². The second kappa shape index (κ2) is 3.65. The number of alkyl halides is 1. The molecule has 0 bridgehead atoms. The van der Waals surface area contributed by atoms with Crippen molar-refractivity contribution in [2.24, 2.45) is 5.92 Å². The molecule has 1 fully saturated rings. The fraction of sp³-hybridized carbons (Fsp3) is 0.889. The summed E-state index contributed by atoms with van der Waals surface area (Å²) in [5, 5.41) is -0.377. The van der Waals surface area contributed by atoms with Gasteiger partial charge in [0.15, 0.2) is 0 Å². The number of carbonyl (C=O) groups excluding carboxylic acids is 1. The van der Waals surface area contributed by atoms with Crippen molar-refractivity contribution in [3.05, 3.63) is 0 Å². The lowest BCUT2D eigenvalue weighted by atomic mass is 10.1. The minimum Gasteiger partial charge on any atom is -0.338 e. The summed E-state index contributed by atoms with van der Waals surface area (Å²) in [5.74, 6) is 0.702. The van der Waals surface area contributed by atoms with Gasteiger partial charge in [0.25, 0.3) is 0 Å². The molecule has 2 nitrogen and oxygen atoms in total. The zero-order valence-corrected chi connectivity index (χ0v) is 8.64. The van der Waals surface area contributed by atoms with Gasteiger partial charge in [-0.15, -0.1) is 11.6 Å². The molecule has 0 aromatic rings. The Kier molecular flexibility index (Phi) is 2.99. The SMILES string of the molecule is CC1CC(C)N(C(=O)C(C)Cl)C1. The first-order valence-corrected chi connectivity index (χ1v) is 4.90. The molecule has 0 aliphatic carbocycles. The van der Waals surface area contributed by atoms with Crippen LogP contribution in [0.3, 0.4) is 0 Å². The van der Waals surface area contributed by atoms with Crippen molar-refractivity contribution in [1.29, 1.82) is 0 Å². The lowest BCUT2D eigenvalue weighted by molar-refractivity contribution is -0.131. The number of amides is 1. The maximum absolute atomic E-state index is 11.5. The number of nitrogens with zero attached hydrogens (tertiary/aromatic N) is 1. The van der Waals surface area contributed by atoms with Crippen LogP contribution in [0.1, 0.15) is 27.2 Å². The quantitative estimate of drug-likeness (QED) is 0.577. The molecule has 1 saturated heterocycles. The van der Waals surface area contributed by atoms with E-state index in [9.17, 15) is 4.79 Å². The van der Waals surface area contributed by atoms with E-state index in [1.54, 1.807) is 6.92 Å². The molecular formula is C9H16ClNO. The summed E-state index contributed by atoms with van der Waals surface area (Å²) in [6, 6.07) is 0.369. The van der Waals surface area contributed by atoms with Crippen LogP contribution in [0.2, 0.25) is 0 Å². The Morgan fingerprint density at radius 2 is 2.17 bits per heavy atom. The molecule has 0 saturated carbocycles. The summed E-state index contributed by atoms with van der Waals surface area (Å²) >= 11 is 5.73. The van der Waals surface area contributed by atoms with E-state index in [-0.39, 0.29) is 11.3 Å². The molecule has 0 aromatic carbocycles. The van der Waals surface area contributed by atoms with Gasteiger partial charge in [-0.2, -0.15) is 0 Å². The Morgan fingerprint density at radius 1 is 1.58 bits per heavy atom. The molecule has 1 rings (SSSR count). The van der Waals surface area contributed by atoms with Crippen molar-refractivity contribution in [3.8, 4) is 0 Å². The van der Waals surface area contributed by atoms with E-state index in [0.717, 1.165) is 13.0 Å². The molecule has 3 unspecified atom stereocenters. The minimum atomic E-state index is -0.377. The maximum Gasteiger partial charge on any atom is 0.240 e. The molecule has 1 aliphatic heterocycles. The number of halogens is 1. The predicted octanol–water partition coefficient (Wildman–Crippen LogP) is 1.87. The van der Waals surface area contributed by atoms with Gasteiger partial charge in [-0.05, 0) is 26.2 Å². The molecule has 0 radical (unpaired) electrons. The highest BCUT2D eigenvalue weighted by atomic mass is 35.5. The summed E-state index contributed by atoms with van der Waals surface area (Å²) < 4.78 is 0. The van der Waals surface area contributed by atoms with Gasteiger partial charge >= 0.3 is 0 Å². The van der Waals surface area contributed by atoms with Crippen molar-refractivity contribution >= 4 is 17.5 Å². The first-order chi connectivity index (χ1) is 5.52. The molecule has 0 N–H and O–H groups in total. The monoisotopic (exact) mass is 189 g/mol. The maximum atomic E-state index is 11.5. The van der Waals surface area contributed by atoms with Crippen LogP contribution >= 0.6 is 11.6 Å². The van der Waals surface area contributed by atoms with Crippen molar-refractivity contribution in [3.63, 3.8) is 0 Å². The lowest BCUT2D eigenvalue weighted by Gasteiger charge is -2.22. The molecule has 0 aromatic heterocycles. The van der Waals surface area contributed by atoms with Crippen molar-refractivity contribution in [2.45, 2.75) is 38.6 Å². The molecule has 1 amide bonds. The Bertz CT molecular complexity index is 181. The van der Waals surface area contributed by atoms with E-state index >= 15 is 0 Å². The standard InChI is InChI=1S/C9H16ClNO/c1-6-4-7(2)11(5-6)9(12)8(3)10/h6-8H,4-5H2,1-3H3. The van der Waals surface area contributed by atoms with Gasteiger partial charge in [0.1, 0.15) is 5.38 Å². The minimum absolute atomic E-state index is 0.0773. The number of likely N-dealkylation sites (tertiary alicyclic amines) is 1. The van der Waals surface area contributed by atoms with Gasteiger partial charge in [-0.3, -0.25) is 4.79 Å². The fourth-order valence-electron chi connectivity index (χ4n) is 1.84. The first-order valence-electron chi connectivity index (χ1n) is 4.47. The predicted molar refractivity (Wildman–Crippen MR) is 50.3 cm³/mol. The van der Waals surface area contributed by atoms with Crippen LogP contribution in [0.15, 0.2) is 0 Å². The summed E-state index contributed by atoms with van der Waals surface area (Å²) in [4.78, 5) is 13.4. The van der Waals surface area contributed by atoms with Crippen LogP contribution < -0.4 is 0 Å². The second-order valence-electron chi connectivity index (χ2n) is 3.80. The Balaban J connectivity index is 2.58. The van der Waals surface area contributed by atoms with Crippen LogP contribution in [0.4, 0.5) is 0 Å². The first kappa shape index (κ1) is 9.85. The summed E-state index contributed by atoms with van der Waals surface area (Å²) in [5.41, 5.74) is 0.